The largest absolute Gasteiger partial charge is 0.463 e. The fourth-order valence-electron chi connectivity index (χ4n) is 1.38. The van der Waals surface area contributed by atoms with Crippen LogP contribution in [0.15, 0.2) is 0 Å². The summed E-state index contributed by atoms with van der Waals surface area (Å²) >= 11 is 0. The number of ether oxygens (including phenoxy) is 1. The number of carbonyl (C=O) groups excluding carboxylic acids is 2. The van der Waals surface area contributed by atoms with E-state index in [9.17, 15) is 9.59 Å². The minimum Gasteiger partial charge on any atom is -0.463 e. The molecule has 0 bridgehead atoms. The molecule has 1 saturated heterocycles. The zero-order valence-corrected chi connectivity index (χ0v) is 8.78. The Morgan fingerprint density at radius 3 is 2.79 bits per heavy atom. The van der Waals surface area contributed by atoms with Crippen molar-refractivity contribution >= 4 is 11.9 Å². The lowest BCUT2D eigenvalue weighted by Crippen LogP contribution is -2.50. The standard InChI is InChI=1S/C10H17NO3/c1-3-4-10(13)14-7-8(2)11-6-5-9(11)12/h8H,3-7H2,1-2H3. The lowest BCUT2D eigenvalue weighted by molar-refractivity contribution is -0.152. The van der Waals surface area contributed by atoms with E-state index in [1.165, 1.54) is 0 Å². The zero-order chi connectivity index (χ0) is 10.6. The molecular weight excluding hydrogens is 182 g/mol. The maximum absolute atomic E-state index is 11.0. The molecular formula is C10H17NO3. The van der Waals surface area contributed by atoms with E-state index in [1.807, 2.05) is 13.8 Å². The van der Waals surface area contributed by atoms with E-state index in [0.717, 1.165) is 13.0 Å². The molecule has 0 saturated carbocycles. The first-order valence-electron chi connectivity index (χ1n) is 5.10. The first kappa shape index (κ1) is 11.0. The Labute approximate surface area is 84.2 Å². The summed E-state index contributed by atoms with van der Waals surface area (Å²) in [4.78, 5) is 23.8. The van der Waals surface area contributed by atoms with Crippen LogP contribution in [0.1, 0.15) is 33.1 Å². The first-order valence-corrected chi connectivity index (χ1v) is 5.10. The van der Waals surface area contributed by atoms with Crippen LogP contribution in [0.2, 0.25) is 0 Å². The molecule has 80 valence electrons. The van der Waals surface area contributed by atoms with Crippen molar-refractivity contribution in [3.63, 3.8) is 0 Å². The third-order valence-electron chi connectivity index (χ3n) is 2.36. The van der Waals surface area contributed by atoms with Gasteiger partial charge in [-0.25, -0.2) is 0 Å². The van der Waals surface area contributed by atoms with Gasteiger partial charge in [-0.2, -0.15) is 0 Å². The van der Waals surface area contributed by atoms with Crippen LogP contribution in [0.4, 0.5) is 0 Å². The van der Waals surface area contributed by atoms with E-state index in [2.05, 4.69) is 0 Å². The van der Waals surface area contributed by atoms with Gasteiger partial charge in [0.2, 0.25) is 5.91 Å². The van der Waals surface area contributed by atoms with Gasteiger partial charge in [-0.3, -0.25) is 9.59 Å². The second-order valence-corrected chi connectivity index (χ2v) is 3.62. The molecule has 0 radical (unpaired) electrons. The van der Waals surface area contributed by atoms with Crippen molar-refractivity contribution in [2.24, 2.45) is 0 Å². The number of carbonyl (C=O) groups is 2. The number of amides is 1. The highest BCUT2D eigenvalue weighted by atomic mass is 16.5. The summed E-state index contributed by atoms with van der Waals surface area (Å²) in [5.74, 6) is -0.0173. The van der Waals surface area contributed by atoms with Crippen molar-refractivity contribution in [1.29, 1.82) is 0 Å². The van der Waals surface area contributed by atoms with Gasteiger partial charge < -0.3 is 9.64 Å². The van der Waals surface area contributed by atoms with Gasteiger partial charge in [0.05, 0.1) is 6.04 Å². The van der Waals surface area contributed by atoms with Crippen molar-refractivity contribution in [2.75, 3.05) is 13.2 Å². The van der Waals surface area contributed by atoms with Gasteiger partial charge in [0.15, 0.2) is 0 Å². The summed E-state index contributed by atoms with van der Waals surface area (Å²) in [5, 5.41) is 0. The molecule has 0 N–H and O–H groups in total. The average molecular weight is 199 g/mol. The molecule has 1 amide bonds. The van der Waals surface area contributed by atoms with Crippen LogP contribution in [0, 0.1) is 0 Å². The maximum atomic E-state index is 11.0. The van der Waals surface area contributed by atoms with Gasteiger partial charge in [0.1, 0.15) is 6.61 Å². The summed E-state index contributed by atoms with van der Waals surface area (Å²) in [5.41, 5.74) is 0. The summed E-state index contributed by atoms with van der Waals surface area (Å²) in [7, 11) is 0. The number of esters is 1. The number of nitrogens with zero attached hydrogens (tertiary/aromatic N) is 1. The van der Waals surface area contributed by atoms with E-state index in [-0.39, 0.29) is 17.9 Å². The van der Waals surface area contributed by atoms with Gasteiger partial charge >= 0.3 is 5.97 Å². The molecule has 1 fully saturated rings. The molecule has 1 atom stereocenters. The molecule has 1 unspecified atom stereocenters. The lowest BCUT2D eigenvalue weighted by atomic mass is 10.1. The number of hydrogen-bond donors (Lipinski definition) is 0. The SMILES string of the molecule is CCCC(=O)OCC(C)N1CCC1=O. The Kier molecular flexibility index (Phi) is 3.92. The molecule has 1 aliphatic rings. The first-order chi connectivity index (χ1) is 6.65. The second-order valence-electron chi connectivity index (χ2n) is 3.62. The molecule has 0 aliphatic carbocycles. The molecule has 4 nitrogen and oxygen atoms in total. The van der Waals surface area contributed by atoms with E-state index in [1.54, 1.807) is 4.90 Å². The third kappa shape index (κ3) is 2.72. The molecule has 14 heavy (non-hydrogen) atoms. The summed E-state index contributed by atoms with van der Waals surface area (Å²) in [6, 6.07) is 0.0251. The van der Waals surface area contributed by atoms with Gasteiger partial charge in [0.25, 0.3) is 0 Å². The molecule has 0 aromatic rings. The summed E-state index contributed by atoms with van der Waals surface area (Å²) in [6.45, 7) is 4.95. The normalized spacial score (nSPS) is 17.6. The number of rotatable bonds is 5. The van der Waals surface area contributed by atoms with Crippen LogP contribution < -0.4 is 0 Å². The van der Waals surface area contributed by atoms with E-state index < -0.39 is 0 Å². The van der Waals surface area contributed by atoms with Crippen LogP contribution in [0.3, 0.4) is 0 Å². The zero-order valence-electron chi connectivity index (χ0n) is 8.78. The van der Waals surface area contributed by atoms with Gasteiger partial charge in [-0.15, -0.1) is 0 Å². The van der Waals surface area contributed by atoms with E-state index in [0.29, 0.717) is 19.4 Å². The van der Waals surface area contributed by atoms with Crippen molar-refractivity contribution in [1.82, 2.24) is 4.90 Å². The molecule has 1 rings (SSSR count). The minimum absolute atomic E-state index is 0.0251. The highest BCUT2D eigenvalue weighted by Crippen LogP contribution is 2.13. The molecule has 1 aliphatic heterocycles. The minimum atomic E-state index is -0.174. The lowest BCUT2D eigenvalue weighted by Gasteiger charge is -2.35. The Bertz CT molecular complexity index is 227. The molecule has 0 aromatic carbocycles. The van der Waals surface area contributed by atoms with Gasteiger partial charge in [0, 0.05) is 19.4 Å². The summed E-state index contributed by atoms with van der Waals surface area (Å²) < 4.78 is 5.02. The third-order valence-corrected chi connectivity index (χ3v) is 2.36. The van der Waals surface area contributed by atoms with Crippen LogP contribution in [0.25, 0.3) is 0 Å². The quantitative estimate of drug-likeness (QED) is 0.489. The molecule has 0 aromatic heterocycles. The fraction of sp³-hybridized carbons (Fsp3) is 0.800. The van der Waals surface area contributed by atoms with Crippen molar-refractivity contribution < 1.29 is 14.3 Å². The number of likely N-dealkylation sites (tertiary alicyclic amines) is 1. The molecule has 1 heterocycles. The number of β-lactam (4-membered cyclic amide) rings is 1. The highest BCUT2D eigenvalue weighted by molar-refractivity contribution is 5.82. The van der Waals surface area contributed by atoms with Crippen LogP contribution in [-0.2, 0) is 14.3 Å². The maximum Gasteiger partial charge on any atom is 0.305 e. The Hall–Kier alpha value is -1.06. The van der Waals surface area contributed by atoms with Gasteiger partial charge in [-0.05, 0) is 13.3 Å². The topological polar surface area (TPSA) is 46.6 Å². The average Bonchev–Trinajstić information content (AvgIpc) is 2.13. The molecule has 0 spiro atoms. The molecule has 4 heteroatoms. The van der Waals surface area contributed by atoms with Crippen molar-refractivity contribution in [3.05, 3.63) is 0 Å². The van der Waals surface area contributed by atoms with E-state index in [4.69, 9.17) is 4.74 Å². The van der Waals surface area contributed by atoms with Crippen LogP contribution in [-0.4, -0.2) is 36.0 Å². The smallest absolute Gasteiger partial charge is 0.305 e. The second kappa shape index (κ2) is 4.98. The van der Waals surface area contributed by atoms with Crippen LogP contribution in [0.5, 0.6) is 0 Å². The van der Waals surface area contributed by atoms with Crippen molar-refractivity contribution in [3.8, 4) is 0 Å². The Morgan fingerprint density at radius 1 is 1.64 bits per heavy atom. The number of hydrogen-bond acceptors (Lipinski definition) is 3. The Morgan fingerprint density at radius 2 is 2.36 bits per heavy atom. The van der Waals surface area contributed by atoms with E-state index >= 15 is 0 Å². The summed E-state index contributed by atoms with van der Waals surface area (Å²) in [6.07, 6.45) is 1.89. The fourth-order valence-corrected chi connectivity index (χ4v) is 1.38. The van der Waals surface area contributed by atoms with Crippen molar-refractivity contribution in [2.45, 2.75) is 39.2 Å². The van der Waals surface area contributed by atoms with Crippen LogP contribution >= 0.6 is 0 Å². The van der Waals surface area contributed by atoms with Gasteiger partial charge in [-0.1, -0.05) is 6.92 Å². The monoisotopic (exact) mass is 199 g/mol. The Balaban J connectivity index is 2.17. The predicted molar refractivity (Wildman–Crippen MR) is 51.7 cm³/mol. The highest BCUT2D eigenvalue weighted by Gasteiger charge is 2.28. The predicted octanol–water partition coefficient (Wildman–Crippen LogP) is 0.951.